The first kappa shape index (κ1) is 13.6. The van der Waals surface area contributed by atoms with Crippen LogP contribution in [-0.4, -0.2) is 19.5 Å². The first-order chi connectivity index (χ1) is 8.59. The molecule has 0 radical (unpaired) electrons. The standard InChI is InChI=1S/C13H22N2O2S/c1-15-10-6-9-13(15)18(16,17)14-11-12-7-4-2-3-5-8-12/h6,9-10,12,14H,2-5,7-8,11H2,1H3. The second-order valence-electron chi connectivity index (χ2n) is 5.17. The Morgan fingerprint density at radius 3 is 2.50 bits per heavy atom. The maximum absolute atomic E-state index is 12.1. The Labute approximate surface area is 109 Å². The van der Waals surface area contributed by atoms with Gasteiger partial charge in [-0.3, -0.25) is 0 Å². The lowest BCUT2D eigenvalue weighted by Gasteiger charge is -2.15. The minimum atomic E-state index is -3.35. The van der Waals surface area contributed by atoms with Gasteiger partial charge in [0.25, 0.3) is 10.0 Å². The molecule has 0 amide bonds. The van der Waals surface area contributed by atoms with Crippen molar-refractivity contribution >= 4 is 10.0 Å². The average Bonchev–Trinajstić information content (AvgIpc) is 2.63. The molecule has 0 bridgehead atoms. The second-order valence-corrected chi connectivity index (χ2v) is 6.88. The van der Waals surface area contributed by atoms with Gasteiger partial charge in [-0.25, -0.2) is 13.1 Å². The van der Waals surface area contributed by atoms with Crippen molar-refractivity contribution in [2.45, 2.75) is 43.6 Å². The summed E-state index contributed by atoms with van der Waals surface area (Å²) in [5.74, 6) is 0.502. The van der Waals surface area contributed by atoms with E-state index in [1.165, 1.54) is 25.7 Å². The quantitative estimate of drug-likeness (QED) is 0.853. The van der Waals surface area contributed by atoms with E-state index in [1.807, 2.05) is 0 Å². The number of hydrogen-bond acceptors (Lipinski definition) is 2. The normalized spacial score (nSPS) is 18.7. The van der Waals surface area contributed by atoms with Crippen molar-refractivity contribution in [3.05, 3.63) is 18.3 Å². The van der Waals surface area contributed by atoms with Crippen LogP contribution in [0.25, 0.3) is 0 Å². The molecule has 2 rings (SSSR count). The lowest BCUT2D eigenvalue weighted by molar-refractivity contribution is 0.450. The van der Waals surface area contributed by atoms with Crippen LogP contribution in [0, 0.1) is 5.92 Å². The van der Waals surface area contributed by atoms with E-state index in [9.17, 15) is 8.42 Å². The summed E-state index contributed by atoms with van der Waals surface area (Å²) in [5, 5.41) is 0.344. The Balaban J connectivity index is 1.95. The molecule has 1 saturated carbocycles. The third-order valence-electron chi connectivity index (χ3n) is 3.71. The molecule has 1 aliphatic rings. The fourth-order valence-electron chi connectivity index (χ4n) is 2.59. The summed E-state index contributed by atoms with van der Waals surface area (Å²) in [7, 11) is -1.60. The summed E-state index contributed by atoms with van der Waals surface area (Å²) in [5.41, 5.74) is 0. The van der Waals surface area contributed by atoms with Gasteiger partial charge in [0.15, 0.2) is 0 Å². The van der Waals surface area contributed by atoms with E-state index in [-0.39, 0.29) is 0 Å². The molecule has 0 saturated heterocycles. The number of nitrogens with zero attached hydrogens (tertiary/aromatic N) is 1. The third-order valence-corrected chi connectivity index (χ3v) is 5.23. The molecule has 0 atom stereocenters. The first-order valence-electron chi connectivity index (χ1n) is 6.70. The van der Waals surface area contributed by atoms with Crippen molar-refractivity contribution < 1.29 is 8.42 Å². The summed E-state index contributed by atoms with van der Waals surface area (Å²) in [4.78, 5) is 0. The molecule has 1 fully saturated rings. The SMILES string of the molecule is Cn1cccc1S(=O)(=O)NCC1CCCCCC1. The first-order valence-corrected chi connectivity index (χ1v) is 8.19. The highest BCUT2D eigenvalue weighted by Crippen LogP contribution is 2.22. The van der Waals surface area contributed by atoms with E-state index in [1.54, 1.807) is 29.9 Å². The van der Waals surface area contributed by atoms with Crippen LogP contribution in [0.2, 0.25) is 0 Å². The zero-order valence-corrected chi connectivity index (χ0v) is 11.7. The summed E-state index contributed by atoms with van der Waals surface area (Å²) >= 11 is 0. The smallest absolute Gasteiger partial charge is 0.256 e. The van der Waals surface area contributed by atoms with Crippen LogP contribution in [-0.2, 0) is 17.1 Å². The van der Waals surface area contributed by atoms with Gasteiger partial charge in [-0.1, -0.05) is 25.7 Å². The van der Waals surface area contributed by atoms with Crippen LogP contribution < -0.4 is 4.72 Å². The van der Waals surface area contributed by atoms with Gasteiger partial charge >= 0.3 is 0 Å². The van der Waals surface area contributed by atoms with Gasteiger partial charge in [0, 0.05) is 19.8 Å². The van der Waals surface area contributed by atoms with E-state index >= 15 is 0 Å². The van der Waals surface area contributed by atoms with E-state index in [2.05, 4.69) is 4.72 Å². The maximum atomic E-state index is 12.1. The molecule has 0 unspecified atom stereocenters. The van der Waals surface area contributed by atoms with Gasteiger partial charge in [0.2, 0.25) is 0 Å². The fourth-order valence-corrected chi connectivity index (χ4v) is 3.89. The van der Waals surface area contributed by atoms with Crippen molar-refractivity contribution in [1.29, 1.82) is 0 Å². The highest BCUT2D eigenvalue weighted by Gasteiger charge is 2.19. The zero-order valence-electron chi connectivity index (χ0n) is 10.9. The van der Waals surface area contributed by atoms with Gasteiger partial charge in [-0.15, -0.1) is 0 Å². The van der Waals surface area contributed by atoms with Gasteiger partial charge in [0.05, 0.1) is 0 Å². The molecule has 1 aromatic heterocycles. The number of rotatable bonds is 4. The molecular formula is C13H22N2O2S. The average molecular weight is 270 g/mol. The molecule has 1 aromatic rings. The van der Waals surface area contributed by atoms with Gasteiger partial charge in [-0.2, -0.15) is 0 Å². The molecule has 1 aliphatic carbocycles. The topological polar surface area (TPSA) is 51.1 Å². The van der Waals surface area contributed by atoms with Gasteiger partial charge in [-0.05, 0) is 30.9 Å². The Kier molecular flexibility index (Phi) is 4.45. The van der Waals surface area contributed by atoms with Gasteiger partial charge < -0.3 is 4.57 Å². The fraction of sp³-hybridized carbons (Fsp3) is 0.692. The monoisotopic (exact) mass is 270 g/mol. The van der Waals surface area contributed by atoms with Crippen LogP contribution in [0.15, 0.2) is 23.4 Å². The molecule has 102 valence electrons. The van der Waals surface area contributed by atoms with E-state index in [4.69, 9.17) is 0 Å². The number of sulfonamides is 1. The largest absolute Gasteiger partial charge is 0.341 e. The molecule has 0 aromatic carbocycles. The lowest BCUT2D eigenvalue weighted by atomic mass is 10.0. The van der Waals surface area contributed by atoms with Crippen LogP contribution in [0.3, 0.4) is 0 Å². The van der Waals surface area contributed by atoms with E-state index in [0.29, 0.717) is 17.5 Å². The summed E-state index contributed by atoms with van der Waals surface area (Å²) in [6, 6.07) is 3.38. The molecule has 1 heterocycles. The molecule has 5 heteroatoms. The highest BCUT2D eigenvalue weighted by molar-refractivity contribution is 7.89. The molecule has 18 heavy (non-hydrogen) atoms. The van der Waals surface area contributed by atoms with Crippen molar-refractivity contribution in [1.82, 2.24) is 9.29 Å². The lowest BCUT2D eigenvalue weighted by Crippen LogP contribution is -2.30. The third kappa shape index (κ3) is 3.36. The molecule has 0 aliphatic heterocycles. The van der Waals surface area contributed by atoms with Crippen LogP contribution >= 0.6 is 0 Å². The molecule has 0 spiro atoms. The number of hydrogen-bond donors (Lipinski definition) is 1. The Hall–Kier alpha value is -0.810. The predicted molar refractivity (Wildman–Crippen MR) is 71.8 cm³/mol. The summed E-state index contributed by atoms with van der Waals surface area (Å²) in [6.07, 6.45) is 9.10. The van der Waals surface area contributed by atoms with Gasteiger partial charge in [0.1, 0.15) is 5.03 Å². The Morgan fingerprint density at radius 1 is 1.28 bits per heavy atom. The van der Waals surface area contributed by atoms with E-state index in [0.717, 1.165) is 12.8 Å². The van der Waals surface area contributed by atoms with Crippen LogP contribution in [0.5, 0.6) is 0 Å². The molecule has 4 nitrogen and oxygen atoms in total. The summed E-state index contributed by atoms with van der Waals surface area (Å²) in [6.45, 7) is 0.577. The Bertz CT molecular complexity index is 471. The number of nitrogens with one attached hydrogen (secondary N) is 1. The van der Waals surface area contributed by atoms with Crippen molar-refractivity contribution in [2.24, 2.45) is 13.0 Å². The summed E-state index contributed by atoms with van der Waals surface area (Å²) < 4.78 is 28.6. The molecular weight excluding hydrogens is 248 g/mol. The number of aromatic nitrogens is 1. The van der Waals surface area contributed by atoms with Crippen molar-refractivity contribution in [3.63, 3.8) is 0 Å². The van der Waals surface area contributed by atoms with Crippen molar-refractivity contribution in [3.8, 4) is 0 Å². The Morgan fingerprint density at radius 2 is 1.94 bits per heavy atom. The highest BCUT2D eigenvalue weighted by atomic mass is 32.2. The number of aryl methyl sites for hydroxylation is 1. The second kappa shape index (κ2) is 5.89. The van der Waals surface area contributed by atoms with E-state index < -0.39 is 10.0 Å². The maximum Gasteiger partial charge on any atom is 0.256 e. The minimum absolute atomic E-state index is 0.344. The van der Waals surface area contributed by atoms with Crippen LogP contribution in [0.1, 0.15) is 38.5 Å². The van der Waals surface area contributed by atoms with Crippen LogP contribution in [0.4, 0.5) is 0 Å². The predicted octanol–water partition coefficient (Wildman–Crippen LogP) is 2.27. The van der Waals surface area contributed by atoms with Crippen molar-refractivity contribution in [2.75, 3.05) is 6.54 Å². The minimum Gasteiger partial charge on any atom is -0.341 e. The zero-order chi connectivity index (χ0) is 13.0. The molecule has 1 N–H and O–H groups in total.